The molecule has 2 heteroatoms. The van der Waals surface area contributed by atoms with Crippen LogP contribution in [0.4, 0.5) is 0 Å². The Morgan fingerprint density at radius 3 is 2.27 bits per heavy atom. The third-order valence-corrected chi connectivity index (χ3v) is 6.76. The average molecular weight is 363 g/mol. The van der Waals surface area contributed by atoms with Gasteiger partial charge in [-0.2, -0.15) is 0 Å². The predicted octanol–water partition coefficient (Wildman–Crippen LogP) is 6.65. The second kappa shape index (κ2) is 8.19. The molecule has 0 aromatic heterocycles. The van der Waals surface area contributed by atoms with Crippen LogP contribution in [0.5, 0.6) is 0 Å². The fourth-order valence-electron chi connectivity index (χ4n) is 4.36. The van der Waals surface area contributed by atoms with Crippen LogP contribution >= 0.6 is 0 Å². The Balaban J connectivity index is 2.03. The normalized spacial score (nSPS) is 25.8. The molecule has 150 valence electrons. The van der Waals surface area contributed by atoms with Gasteiger partial charge in [-0.3, -0.25) is 0 Å². The van der Waals surface area contributed by atoms with Crippen molar-refractivity contribution in [1.82, 2.24) is 0 Å². The standard InChI is InChI=1S/C24H42O2/c1-8-23(5,6)17-20(22(2,3)4)18-11-13-19(14-12-18)21(25)26-24(7)15-9-10-16-24/h11-13,19-21,25H,8-10,14-17H2,1-7H3. The molecule has 0 saturated heterocycles. The molecule has 1 fully saturated rings. The van der Waals surface area contributed by atoms with E-state index in [0.29, 0.717) is 11.3 Å². The van der Waals surface area contributed by atoms with E-state index in [1.54, 1.807) is 0 Å². The van der Waals surface area contributed by atoms with Gasteiger partial charge in [0.2, 0.25) is 0 Å². The van der Waals surface area contributed by atoms with Crippen molar-refractivity contribution in [3.8, 4) is 0 Å². The van der Waals surface area contributed by atoms with Crippen LogP contribution in [0.3, 0.4) is 0 Å². The van der Waals surface area contributed by atoms with Crippen molar-refractivity contribution in [1.29, 1.82) is 0 Å². The Bertz CT molecular complexity index is 515. The van der Waals surface area contributed by atoms with E-state index in [4.69, 9.17) is 4.74 Å². The summed E-state index contributed by atoms with van der Waals surface area (Å²) in [6, 6.07) is 0. The lowest BCUT2D eigenvalue weighted by Crippen LogP contribution is -2.35. The summed E-state index contributed by atoms with van der Waals surface area (Å²) in [6.45, 7) is 16.2. The maximum Gasteiger partial charge on any atom is 0.161 e. The van der Waals surface area contributed by atoms with Gasteiger partial charge in [0.15, 0.2) is 6.29 Å². The first-order valence-electron chi connectivity index (χ1n) is 10.7. The number of rotatable bonds is 7. The van der Waals surface area contributed by atoms with E-state index in [-0.39, 0.29) is 16.9 Å². The summed E-state index contributed by atoms with van der Waals surface area (Å²) in [7, 11) is 0. The highest BCUT2D eigenvalue weighted by atomic mass is 16.6. The van der Waals surface area contributed by atoms with E-state index >= 15 is 0 Å². The number of aliphatic hydroxyl groups excluding tert-OH is 1. The van der Waals surface area contributed by atoms with Gasteiger partial charge in [-0.05, 0) is 54.9 Å². The molecule has 3 unspecified atom stereocenters. The smallest absolute Gasteiger partial charge is 0.161 e. The molecule has 0 bridgehead atoms. The van der Waals surface area contributed by atoms with Crippen LogP contribution in [0, 0.1) is 22.7 Å². The molecule has 1 N–H and O–H groups in total. The Hall–Kier alpha value is -0.600. The van der Waals surface area contributed by atoms with E-state index in [1.807, 2.05) is 0 Å². The molecular formula is C24H42O2. The molecular weight excluding hydrogens is 320 g/mol. The van der Waals surface area contributed by atoms with Gasteiger partial charge in [-0.1, -0.05) is 79.0 Å². The molecule has 0 aromatic rings. The first kappa shape index (κ1) is 21.7. The second-order valence-electron chi connectivity index (χ2n) is 10.8. The lowest BCUT2D eigenvalue weighted by Gasteiger charge is -2.39. The molecule has 3 atom stereocenters. The molecule has 26 heavy (non-hydrogen) atoms. The van der Waals surface area contributed by atoms with Gasteiger partial charge < -0.3 is 9.84 Å². The van der Waals surface area contributed by atoms with Crippen LogP contribution in [0.15, 0.2) is 23.8 Å². The van der Waals surface area contributed by atoms with Crippen molar-refractivity contribution in [2.75, 3.05) is 0 Å². The summed E-state index contributed by atoms with van der Waals surface area (Å²) in [5.74, 6) is 0.621. The minimum atomic E-state index is -0.688. The summed E-state index contributed by atoms with van der Waals surface area (Å²) in [5.41, 5.74) is 1.90. The summed E-state index contributed by atoms with van der Waals surface area (Å²) >= 11 is 0. The molecule has 2 nitrogen and oxygen atoms in total. The number of ether oxygens (including phenoxy) is 1. The number of allylic oxidation sites excluding steroid dienone is 3. The molecule has 0 spiro atoms. The predicted molar refractivity (Wildman–Crippen MR) is 111 cm³/mol. The number of aliphatic hydroxyl groups is 1. The SMILES string of the molecule is CCC(C)(C)CC(C1=CCC(C(O)OC2(C)CCCC2)C=C1)C(C)(C)C. The Morgan fingerprint density at radius 1 is 1.19 bits per heavy atom. The van der Waals surface area contributed by atoms with E-state index in [9.17, 15) is 5.11 Å². The fraction of sp³-hybridized carbons (Fsp3) is 0.833. The molecule has 0 aliphatic heterocycles. The first-order valence-corrected chi connectivity index (χ1v) is 10.7. The summed E-state index contributed by atoms with van der Waals surface area (Å²) in [4.78, 5) is 0. The van der Waals surface area contributed by atoms with Crippen LogP contribution < -0.4 is 0 Å². The van der Waals surface area contributed by atoms with Gasteiger partial charge in [0.05, 0.1) is 5.60 Å². The van der Waals surface area contributed by atoms with E-state index in [1.165, 1.54) is 31.3 Å². The van der Waals surface area contributed by atoms with Crippen molar-refractivity contribution >= 4 is 0 Å². The molecule has 2 aliphatic carbocycles. The average Bonchev–Trinajstić information content (AvgIpc) is 2.98. The van der Waals surface area contributed by atoms with Gasteiger partial charge >= 0.3 is 0 Å². The lowest BCUT2D eigenvalue weighted by molar-refractivity contribution is -0.193. The van der Waals surface area contributed by atoms with Crippen LogP contribution in [0.2, 0.25) is 0 Å². The molecule has 2 aliphatic rings. The zero-order valence-electron chi connectivity index (χ0n) is 18.3. The van der Waals surface area contributed by atoms with Crippen molar-refractivity contribution in [3.05, 3.63) is 23.8 Å². The van der Waals surface area contributed by atoms with Crippen molar-refractivity contribution < 1.29 is 9.84 Å². The van der Waals surface area contributed by atoms with E-state index in [0.717, 1.165) is 19.3 Å². The van der Waals surface area contributed by atoms with Gasteiger partial charge in [0.25, 0.3) is 0 Å². The zero-order chi connectivity index (χ0) is 19.6. The van der Waals surface area contributed by atoms with E-state index in [2.05, 4.69) is 66.7 Å². The summed E-state index contributed by atoms with van der Waals surface area (Å²) < 4.78 is 6.07. The highest BCUT2D eigenvalue weighted by molar-refractivity contribution is 5.28. The van der Waals surface area contributed by atoms with Crippen LogP contribution in [-0.2, 0) is 4.74 Å². The van der Waals surface area contributed by atoms with Crippen molar-refractivity contribution in [2.24, 2.45) is 22.7 Å². The van der Waals surface area contributed by atoms with Crippen molar-refractivity contribution in [3.63, 3.8) is 0 Å². The monoisotopic (exact) mass is 362 g/mol. The molecule has 0 heterocycles. The molecule has 2 rings (SSSR count). The Morgan fingerprint density at radius 2 is 1.81 bits per heavy atom. The van der Waals surface area contributed by atoms with E-state index < -0.39 is 6.29 Å². The van der Waals surface area contributed by atoms with Crippen LogP contribution in [0.1, 0.15) is 93.4 Å². The molecule has 0 radical (unpaired) electrons. The van der Waals surface area contributed by atoms with Crippen LogP contribution in [0.25, 0.3) is 0 Å². The van der Waals surface area contributed by atoms with Gasteiger partial charge in [-0.25, -0.2) is 0 Å². The van der Waals surface area contributed by atoms with Gasteiger partial charge in [-0.15, -0.1) is 0 Å². The molecule has 0 aromatic carbocycles. The Kier molecular flexibility index (Phi) is 6.83. The second-order valence-corrected chi connectivity index (χ2v) is 10.8. The maximum atomic E-state index is 10.6. The highest BCUT2D eigenvalue weighted by Gasteiger charge is 2.36. The quantitative estimate of drug-likeness (QED) is 0.514. The minimum absolute atomic E-state index is 0.0796. The van der Waals surface area contributed by atoms with Crippen LogP contribution in [-0.4, -0.2) is 17.0 Å². The zero-order valence-corrected chi connectivity index (χ0v) is 18.3. The van der Waals surface area contributed by atoms with Gasteiger partial charge in [0.1, 0.15) is 0 Å². The Labute approximate surface area is 162 Å². The molecule has 0 amide bonds. The summed E-state index contributed by atoms with van der Waals surface area (Å²) in [6.07, 6.45) is 14.0. The number of hydrogen-bond donors (Lipinski definition) is 1. The maximum absolute atomic E-state index is 10.6. The fourth-order valence-corrected chi connectivity index (χ4v) is 4.36. The third-order valence-electron chi connectivity index (χ3n) is 6.76. The lowest BCUT2D eigenvalue weighted by atomic mass is 9.66. The van der Waals surface area contributed by atoms with Gasteiger partial charge in [0, 0.05) is 5.92 Å². The largest absolute Gasteiger partial charge is 0.367 e. The summed E-state index contributed by atoms with van der Waals surface area (Å²) in [5, 5.41) is 10.6. The topological polar surface area (TPSA) is 29.5 Å². The van der Waals surface area contributed by atoms with Crippen molar-refractivity contribution in [2.45, 2.75) is 105 Å². The first-order chi connectivity index (χ1) is 12.0. The minimum Gasteiger partial charge on any atom is -0.367 e. The number of hydrogen-bond acceptors (Lipinski definition) is 2. The highest BCUT2D eigenvalue weighted by Crippen LogP contribution is 2.44. The third kappa shape index (κ3) is 5.70. The molecule has 1 saturated carbocycles.